The van der Waals surface area contributed by atoms with E-state index in [1.807, 2.05) is 0 Å². The monoisotopic (exact) mass is 292 g/mol. The predicted molar refractivity (Wildman–Crippen MR) is 88.6 cm³/mol. The number of nitrogens with zero attached hydrogens (tertiary/aromatic N) is 3. The molecule has 1 aliphatic rings. The third-order valence-corrected chi connectivity index (χ3v) is 3.88. The van der Waals surface area contributed by atoms with Gasteiger partial charge in [-0.15, -0.1) is 0 Å². The standard InChI is InChI=1S/C15H28N6/c1-2-3-7-17-14-13(16)15(20-12-19-14)18-8-11-21-9-5-4-6-10-21/h12H,2-11,16H2,1H3,(H2,17,18,19,20). The molecule has 0 saturated carbocycles. The molecule has 0 bridgehead atoms. The van der Waals surface area contributed by atoms with Gasteiger partial charge < -0.3 is 21.3 Å². The summed E-state index contributed by atoms with van der Waals surface area (Å²) in [6, 6.07) is 0. The lowest BCUT2D eigenvalue weighted by Crippen LogP contribution is -2.33. The predicted octanol–water partition coefficient (Wildman–Crippen LogP) is 2.17. The van der Waals surface area contributed by atoms with Gasteiger partial charge >= 0.3 is 0 Å². The molecule has 2 rings (SSSR count). The van der Waals surface area contributed by atoms with Crippen molar-refractivity contribution >= 4 is 17.3 Å². The number of likely N-dealkylation sites (tertiary alicyclic amines) is 1. The first-order valence-corrected chi connectivity index (χ1v) is 8.12. The summed E-state index contributed by atoms with van der Waals surface area (Å²) >= 11 is 0. The van der Waals surface area contributed by atoms with Gasteiger partial charge in [0, 0.05) is 19.6 Å². The molecule has 0 spiro atoms. The Morgan fingerprint density at radius 1 is 1.10 bits per heavy atom. The average Bonchev–Trinajstić information content (AvgIpc) is 2.52. The minimum atomic E-state index is 0.618. The van der Waals surface area contributed by atoms with Gasteiger partial charge in [0.15, 0.2) is 11.6 Å². The Bertz CT molecular complexity index is 417. The van der Waals surface area contributed by atoms with E-state index in [0.717, 1.165) is 44.1 Å². The van der Waals surface area contributed by atoms with E-state index < -0.39 is 0 Å². The fourth-order valence-electron chi connectivity index (χ4n) is 2.58. The molecular weight excluding hydrogens is 264 g/mol. The minimum absolute atomic E-state index is 0.618. The second-order valence-corrected chi connectivity index (χ2v) is 5.59. The van der Waals surface area contributed by atoms with Gasteiger partial charge in [-0.3, -0.25) is 0 Å². The molecule has 2 heterocycles. The van der Waals surface area contributed by atoms with Gasteiger partial charge in [0.2, 0.25) is 0 Å². The summed E-state index contributed by atoms with van der Waals surface area (Å²) in [5.74, 6) is 1.47. The summed E-state index contributed by atoms with van der Waals surface area (Å²) in [5, 5.41) is 6.60. The molecule has 1 fully saturated rings. The first-order valence-electron chi connectivity index (χ1n) is 8.12. The number of anilines is 3. The van der Waals surface area contributed by atoms with E-state index in [0.29, 0.717) is 5.69 Å². The van der Waals surface area contributed by atoms with Crippen LogP contribution in [0.1, 0.15) is 39.0 Å². The third-order valence-electron chi connectivity index (χ3n) is 3.88. The van der Waals surface area contributed by atoms with Crippen molar-refractivity contribution in [2.45, 2.75) is 39.0 Å². The van der Waals surface area contributed by atoms with Gasteiger partial charge in [-0.05, 0) is 32.4 Å². The maximum atomic E-state index is 6.12. The van der Waals surface area contributed by atoms with Gasteiger partial charge in [-0.2, -0.15) is 0 Å². The first-order chi connectivity index (χ1) is 10.3. The van der Waals surface area contributed by atoms with Gasteiger partial charge in [0.1, 0.15) is 12.0 Å². The summed E-state index contributed by atoms with van der Waals surface area (Å²) in [6.45, 7) is 7.40. The number of piperidine rings is 1. The van der Waals surface area contributed by atoms with E-state index >= 15 is 0 Å². The fraction of sp³-hybridized carbons (Fsp3) is 0.733. The SMILES string of the molecule is CCCCNc1ncnc(NCCN2CCCCC2)c1N. The van der Waals surface area contributed by atoms with E-state index in [9.17, 15) is 0 Å². The zero-order valence-corrected chi connectivity index (χ0v) is 13.1. The van der Waals surface area contributed by atoms with Crippen molar-refractivity contribution in [2.75, 3.05) is 49.1 Å². The van der Waals surface area contributed by atoms with Gasteiger partial charge in [-0.1, -0.05) is 19.8 Å². The van der Waals surface area contributed by atoms with Crippen LogP contribution in [0.4, 0.5) is 17.3 Å². The smallest absolute Gasteiger partial charge is 0.154 e. The van der Waals surface area contributed by atoms with Crippen molar-refractivity contribution in [3.63, 3.8) is 0 Å². The highest BCUT2D eigenvalue weighted by molar-refractivity contribution is 5.73. The van der Waals surface area contributed by atoms with Crippen LogP contribution in [0.2, 0.25) is 0 Å². The highest BCUT2D eigenvalue weighted by Gasteiger charge is 2.11. The summed E-state index contributed by atoms with van der Waals surface area (Å²) < 4.78 is 0. The lowest BCUT2D eigenvalue weighted by Gasteiger charge is -2.26. The van der Waals surface area contributed by atoms with E-state index in [2.05, 4.69) is 32.4 Å². The topological polar surface area (TPSA) is 79.1 Å². The number of nitrogen functional groups attached to an aromatic ring is 1. The molecule has 0 aromatic carbocycles. The molecule has 0 radical (unpaired) electrons. The van der Waals surface area contributed by atoms with Crippen LogP contribution in [0.25, 0.3) is 0 Å². The van der Waals surface area contributed by atoms with Crippen molar-refractivity contribution < 1.29 is 0 Å². The second kappa shape index (κ2) is 8.67. The summed E-state index contributed by atoms with van der Waals surface area (Å²) in [6.07, 6.45) is 7.84. The zero-order valence-electron chi connectivity index (χ0n) is 13.1. The van der Waals surface area contributed by atoms with Crippen molar-refractivity contribution in [2.24, 2.45) is 0 Å². The molecule has 6 heteroatoms. The number of aromatic nitrogens is 2. The Kier molecular flexibility index (Phi) is 6.53. The Morgan fingerprint density at radius 2 is 1.76 bits per heavy atom. The second-order valence-electron chi connectivity index (χ2n) is 5.59. The number of nitrogens with two attached hydrogens (primary N) is 1. The van der Waals surface area contributed by atoms with Crippen LogP contribution in [0.5, 0.6) is 0 Å². The van der Waals surface area contributed by atoms with Crippen LogP contribution in [0.15, 0.2) is 6.33 Å². The van der Waals surface area contributed by atoms with Crippen LogP contribution >= 0.6 is 0 Å². The normalized spacial score (nSPS) is 15.9. The molecule has 1 aromatic rings. The van der Waals surface area contributed by atoms with E-state index in [-0.39, 0.29) is 0 Å². The average molecular weight is 292 g/mol. The minimum Gasteiger partial charge on any atom is -0.393 e. The van der Waals surface area contributed by atoms with Crippen LogP contribution in [0, 0.1) is 0 Å². The number of hydrogen-bond donors (Lipinski definition) is 3. The van der Waals surface area contributed by atoms with Gasteiger partial charge in [-0.25, -0.2) is 9.97 Å². The molecule has 0 unspecified atom stereocenters. The Hall–Kier alpha value is -1.56. The van der Waals surface area contributed by atoms with Crippen molar-refractivity contribution in [1.82, 2.24) is 14.9 Å². The molecule has 1 saturated heterocycles. The Labute approximate surface area is 127 Å². The molecule has 21 heavy (non-hydrogen) atoms. The first kappa shape index (κ1) is 15.8. The van der Waals surface area contributed by atoms with Crippen molar-refractivity contribution in [3.8, 4) is 0 Å². The molecule has 1 aromatic heterocycles. The largest absolute Gasteiger partial charge is 0.393 e. The van der Waals surface area contributed by atoms with Crippen molar-refractivity contribution in [3.05, 3.63) is 6.33 Å². The highest BCUT2D eigenvalue weighted by atomic mass is 15.2. The molecule has 1 aliphatic heterocycles. The Balaban J connectivity index is 1.80. The highest BCUT2D eigenvalue weighted by Crippen LogP contribution is 2.22. The Morgan fingerprint density at radius 3 is 2.43 bits per heavy atom. The number of nitrogens with one attached hydrogen (secondary N) is 2. The summed E-state index contributed by atoms with van der Waals surface area (Å²) in [4.78, 5) is 10.9. The van der Waals surface area contributed by atoms with Gasteiger partial charge in [0.25, 0.3) is 0 Å². The van der Waals surface area contributed by atoms with Crippen LogP contribution in [-0.2, 0) is 0 Å². The van der Waals surface area contributed by atoms with Crippen LogP contribution in [-0.4, -0.2) is 47.6 Å². The van der Waals surface area contributed by atoms with Crippen LogP contribution < -0.4 is 16.4 Å². The van der Waals surface area contributed by atoms with Gasteiger partial charge in [0.05, 0.1) is 0 Å². The third kappa shape index (κ3) is 5.04. The van der Waals surface area contributed by atoms with Crippen LogP contribution in [0.3, 0.4) is 0 Å². The fourth-order valence-corrected chi connectivity index (χ4v) is 2.58. The number of hydrogen-bond acceptors (Lipinski definition) is 6. The molecule has 118 valence electrons. The lowest BCUT2D eigenvalue weighted by atomic mass is 10.1. The summed E-state index contributed by atoms with van der Waals surface area (Å²) in [5.41, 5.74) is 6.74. The lowest BCUT2D eigenvalue weighted by molar-refractivity contribution is 0.237. The molecule has 6 nitrogen and oxygen atoms in total. The van der Waals surface area contributed by atoms with E-state index in [4.69, 9.17) is 5.73 Å². The molecule has 0 amide bonds. The molecule has 0 atom stereocenters. The van der Waals surface area contributed by atoms with E-state index in [1.54, 1.807) is 6.33 Å². The van der Waals surface area contributed by atoms with E-state index in [1.165, 1.54) is 32.4 Å². The number of unbranched alkanes of at least 4 members (excludes halogenated alkanes) is 1. The molecule has 0 aliphatic carbocycles. The molecule has 4 N–H and O–H groups in total. The quantitative estimate of drug-likeness (QED) is 0.637. The zero-order chi connectivity index (χ0) is 14.9. The maximum Gasteiger partial charge on any atom is 0.154 e. The maximum absolute atomic E-state index is 6.12. The summed E-state index contributed by atoms with van der Waals surface area (Å²) in [7, 11) is 0. The van der Waals surface area contributed by atoms with Crippen molar-refractivity contribution in [1.29, 1.82) is 0 Å². The number of rotatable bonds is 8. The molecular formula is C15H28N6.